The minimum absolute atomic E-state index is 0.0421. The minimum Gasteiger partial charge on any atom is -0.508 e. The number of methoxy groups -OCH3 is 1. The Balaban J connectivity index is 1.86. The van der Waals surface area contributed by atoms with E-state index in [0.29, 0.717) is 16.5 Å². The van der Waals surface area contributed by atoms with Gasteiger partial charge in [0.25, 0.3) is 0 Å². The fourth-order valence-corrected chi connectivity index (χ4v) is 3.61. The Morgan fingerprint density at radius 3 is 2.38 bits per heavy atom. The summed E-state index contributed by atoms with van der Waals surface area (Å²) in [6.07, 6.45) is -7.42. The zero-order chi connectivity index (χ0) is 23.0. The number of aromatic hydroxyl groups is 1. The molecular formula is C22H22O10. The maximum absolute atomic E-state index is 12.2. The summed E-state index contributed by atoms with van der Waals surface area (Å²) in [7, 11) is 1.40. The molecular weight excluding hydrogens is 424 g/mol. The summed E-state index contributed by atoms with van der Waals surface area (Å²) in [5.74, 6) is 0.416. The highest BCUT2D eigenvalue weighted by Gasteiger charge is 2.45. The Bertz CT molecular complexity index is 1150. The first kappa shape index (κ1) is 22.1. The average Bonchev–Trinajstić information content (AvgIpc) is 2.78. The summed E-state index contributed by atoms with van der Waals surface area (Å²) >= 11 is 0. The zero-order valence-corrected chi connectivity index (χ0v) is 16.9. The largest absolute Gasteiger partial charge is 0.508 e. The van der Waals surface area contributed by atoms with Crippen LogP contribution in [0.5, 0.6) is 17.2 Å². The predicted octanol–water partition coefficient (Wildman–Crippen LogP) is 0.353. The third kappa shape index (κ3) is 4.01. The molecule has 1 aliphatic rings. The number of hydrogen-bond acceptors (Lipinski definition) is 10. The fourth-order valence-electron chi connectivity index (χ4n) is 3.61. The Hall–Kier alpha value is -3.15. The lowest BCUT2D eigenvalue weighted by Crippen LogP contribution is -2.60. The van der Waals surface area contributed by atoms with Gasteiger partial charge in [-0.25, -0.2) is 4.79 Å². The molecule has 1 fully saturated rings. The van der Waals surface area contributed by atoms with Crippen LogP contribution in [0.25, 0.3) is 22.1 Å². The Morgan fingerprint density at radius 1 is 1.00 bits per heavy atom. The number of phenolic OH excluding ortho intramolecular Hbond substituents is 1. The van der Waals surface area contributed by atoms with Crippen molar-refractivity contribution in [3.05, 3.63) is 52.9 Å². The summed E-state index contributed by atoms with van der Waals surface area (Å²) in [5.41, 5.74) is 0.482. The first-order valence-electron chi connectivity index (χ1n) is 9.75. The highest BCUT2D eigenvalue weighted by atomic mass is 16.7. The number of phenols is 1. The van der Waals surface area contributed by atoms with Crippen molar-refractivity contribution < 1.29 is 44.2 Å². The van der Waals surface area contributed by atoms with Crippen molar-refractivity contribution in [1.82, 2.24) is 0 Å². The molecule has 10 heteroatoms. The maximum atomic E-state index is 12.2. The molecule has 0 amide bonds. The molecule has 32 heavy (non-hydrogen) atoms. The van der Waals surface area contributed by atoms with Gasteiger partial charge >= 0.3 is 5.63 Å². The zero-order valence-electron chi connectivity index (χ0n) is 16.9. The van der Waals surface area contributed by atoms with E-state index >= 15 is 0 Å². The van der Waals surface area contributed by atoms with E-state index in [4.69, 9.17) is 18.6 Å². The number of benzene rings is 2. The number of ether oxygens (including phenoxy) is 3. The third-order valence-corrected chi connectivity index (χ3v) is 5.29. The molecule has 0 saturated carbocycles. The number of rotatable bonds is 5. The van der Waals surface area contributed by atoms with Crippen LogP contribution in [0.15, 0.2) is 51.7 Å². The van der Waals surface area contributed by atoms with Gasteiger partial charge in [-0.15, -0.1) is 0 Å². The van der Waals surface area contributed by atoms with Gasteiger partial charge in [-0.3, -0.25) is 0 Å². The van der Waals surface area contributed by atoms with Crippen LogP contribution in [0.4, 0.5) is 0 Å². The first-order valence-corrected chi connectivity index (χ1v) is 9.75. The second-order valence-corrected chi connectivity index (χ2v) is 7.34. The number of fused-ring (bicyclic) bond motifs is 1. The normalized spacial score (nSPS) is 25.6. The van der Waals surface area contributed by atoms with Crippen LogP contribution >= 0.6 is 0 Å². The van der Waals surface area contributed by atoms with E-state index in [1.807, 2.05) is 0 Å². The van der Waals surface area contributed by atoms with Crippen LogP contribution in [0.1, 0.15) is 0 Å². The number of aliphatic hydroxyl groups is 4. The van der Waals surface area contributed by atoms with Crippen molar-refractivity contribution in [2.24, 2.45) is 0 Å². The van der Waals surface area contributed by atoms with E-state index in [-0.39, 0.29) is 22.8 Å². The molecule has 2 heterocycles. The summed E-state index contributed by atoms with van der Waals surface area (Å²) in [4.78, 5) is 12.2. The first-order chi connectivity index (χ1) is 15.3. The predicted molar refractivity (Wildman–Crippen MR) is 111 cm³/mol. The van der Waals surface area contributed by atoms with Crippen molar-refractivity contribution in [2.45, 2.75) is 30.7 Å². The van der Waals surface area contributed by atoms with Gasteiger partial charge in [-0.1, -0.05) is 12.1 Å². The molecule has 10 nitrogen and oxygen atoms in total. The van der Waals surface area contributed by atoms with Crippen LogP contribution in [0.2, 0.25) is 0 Å². The molecule has 5 N–H and O–H groups in total. The van der Waals surface area contributed by atoms with Gasteiger partial charge < -0.3 is 44.2 Å². The van der Waals surface area contributed by atoms with Gasteiger partial charge in [0.15, 0.2) is 0 Å². The Labute approximate surface area is 181 Å². The monoisotopic (exact) mass is 446 g/mol. The van der Waals surface area contributed by atoms with E-state index in [1.54, 1.807) is 12.1 Å². The molecule has 5 unspecified atom stereocenters. The molecule has 2 aromatic carbocycles. The summed E-state index contributed by atoms with van der Waals surface area (Å²) < 4.78 is 21.9. The second kappa shape index (κ2) is 8.77. The van der Waals surface area contributed by atoms with E-state index in [2.05, 4.69) is 0 Å². The SMILES string of the molecule is COc1cc(OC2OC(CO)C(O)C(O)C2O)c2c(-c3ccc(O)cc3)cc(=O)oc2c1. The summed E-state index contributed by atoms with van der Waals surface area (Å²) in [6.45, 7) is -0.614. The Morgan fingerprint density at radius 2 is 1.72 bits per heavy atom. The number of aliphatic hydroxyl groups excluding tert-OH is 4. The quantitative estimate of drug-likeness (QED) is 0.346. The van der Waals surface area contributed by atoms with Crippen molar-refractivity contribution >= 4 is 11.0 Å². The highest BCUT2D eigenvalue weighted by molar-refractivity contribution is 5.98. The van der Waals surface area contributed by atoms with Crippen molar-refractivity contribution in [2.75, 3.05) is 13.7 Å². The van der Waals surface area contributed by atoms with Gasteiger partial charge in [-0.2, -0.15) is 0 Å². The van der Waals surface area contributed by atoms with Crippen molar-refractivity contribution in [1.29, 1.82) is 0 Å². The molecule has 1 saturated heterocycles. The highest BCUT2D eigenvalue weighted by Crippen LogP contribution is 2.39. The summed E-state index contributed by atoms with van der Waals surface area (Å²) in [5, 5.41) is 49.8. The minimum atomic E-state index is -1.64. The molecule has 3 aromatic rings. The molecule has 5 atom stereocenters. The van der Waals surface area contributed by atoms with Crippen LogP contribution < -0.4 is 15.1 Å². The second-order valence-electron chi connectivity index (χ2n) is 7.34. The molecule has 0 bridgehead atoms. The molecule has 0 spiro atoms. The molecule has 0 radical (unpaired) electrons. The van der Waals surface area contributed by atoms with Gasteiger partial charge in [0.1, 0.15) is 47.2 Å². The van der Waals surface area contributed by atoms with Crippen molar-refractivity contribution in [3.8, 4) is 28.4 Å². The van der Waals surface area contributed by atoms with Gasteiger partial charge in [0, 0.05) is 23.8 Å². The lowest BCUT2D eigenvalue weighted by atomic mass is 9.99. The van der Waals surface area contributed by atoms with Crippen LogP contribution in [0, 0.1) is 0 Å². The van der Waals surface area contributed by atoms with Crippen molar-refractivity contribution in [3.63, 3.8) is 0 Å². The Kier molecular flexibility index (Phi) is 6.04. The smallest absolute Gasteiger partial charge is 0.336 e. The van der Waals surface area contributed by atoms with E-state index in [0.717, 1.165) is 0 Å². The molecule has 0 aliphatic carbocycles. The van der Waals surface area contributed by atoms with E-state index in [1.165, 1.54) is 37.4 Å². The van der Waals surface area contributed by atoms with Gasteiger partial charge in [0.05, 0.1) is 19.1 Å². The van der Waals surface area contributed by atoms with Crippen LogP contribution in [-0.2, 0) is 4.74 Å². The lowest BCUT2D eigenvalue weighted by molar-refractivity contribution is -0.277. The van der Waals surface area contributed by atoms with Crippen LogP contribution in [-0.4, -0.2) is 70.0 Å². The molecule has 1 aliphatic heterocycles. The van der Waals surface area contributed by atoms with Gasteiger partial charge in [-0.05, 0) is 17.7 Å². The average molecular weight is 446 g/mol. The topological polar surface area (TPSA) is 159 Å². The standard InChI is InChI=1S/C22H22O10/c1-29-12-6-14-18(13(8-17(25)30-14)10-2-4-11(24)5-3-10)15(7-12)31-22-21(28)20(27)19(26)16(9-23)32-22/h2-8,16,19-24,26-28H,9H2,1H3. The van der Waals surface area contributed by atoms with Crippen LogP contribution in [0.3, 0.4) is 0 Å². The van der Waals surface area contributed by atoms with E-state index < -0.39 is 42.9 Å². The maximum Gasteiger partial charge on any atom is 0.336 e. The van der Waals surface area contributed by atoms with Gasteiger partial charge in [0.2, 0.25) is 6.29 Å². The molecule has 1 aromatic heterocycles. The fraction of sp³-hybridized carbons (Fsp3) is 0.318. The third-order valence-electron chi connectivity index (χ3n) is 5.29. The number of hydrogen-bond donors (Lipinski definition) is 5. The summed E-state index contributed by atoms with van der Waals surface area (Å²) in [6, 6.07) is 10.3. The molecule has 4 rings (SSSR count). The molecule has 170 valence electrons. The van der Waals surface area contributed by atoms with E-state index in [9.17, 15) is 30.3 Å². The lowest BCUT2D eigenvalue weighted by Gasteiger charge is -2.39.